The Bertz CT molecular complexity index is 546. The smallest absolute Gasteiger partial charge is 0.335 e. The Morgan fingerprint density at radius 1 is 1.50 bits per heavy atom. The van der Waals surface area contributed by atoms with Gasteiger partial charge in [-0.3, -0.25) is 4.79 Å². The minimum atomic E-state index is -1.01. The lowest BCUT2D eigenvalue weighted by Crippen LogP contribution is -2.27. The van der Waals surface area contributed by atoms with Gasteiger partial charge in [0, 0.05) is 18.7 Å². The van der Waals surface area contributed by atoms with Crippen molar-refractivity contribution in [1.29, 1.82) is 5.26 Å². The van der Waals surface area contributed by atoms with Gasteiger partial charge in [-0.05, 0) is 24.1 Å². The molecule has 0 spiro atoms. The zero-order chi connectivity index (χ0) is 13.1. The first-order valence-corrected chi connectivity index (χ1v) is 5.67. The fraction of sp³-hybridized carbons (Fsp3) is 0.308. The third-order valence-corrected chi connectivity index (χ3v) is 2.94. The summed E-state index contributed by atoms with van der Waals surface area (Å²) in [6.07, 6.45) is 1.29. The van der Waals surface area contributed by atoms with Gasteiger partial charge >= 0.3 is 5.97 Å². The Morgan fingerprint density at radius 3 is 2.94 bits per heavy atom. The van der Waals surface area contributed by atoms with Crippen molar-refractivity contribution in [3.63, 3.8) is 0 Å². The second kappa shape index (κ2) is 4.88. The number of amides is 1. The van der Waals surface area contributed by atoms with Gasteiger partial charge in [-0.15, -0.1) is 0 Å². The zero-order valence-electron chi connectivity index (χ0n) is 9.72. The summed E-state index contributed by atoms with van der Waals surface area (Å²) >= 11 is 0. The topological polar surface area (TPSA) is 81.4 Å². The van der Waals surface area contributed by atoms with Gasteiger partial charge in [-0.25, -0.2) is 4.79 Å². The fourth-order valence-corrected chi connectivity index (χ4v) is 2.05. The number of carbonyl (C=O) groups excluding carboxylic acids is 1. The van der Waals surface area contributed by atoms with Gasteiger partial charge in [-0.2, -0.15) is 5.26 Å². The van der Waals surface area contributed by atoms with Gasteiger partial charge in [0.25, 0.3) is 0 Å². The van der Waals surface area contributed by atoms with E-state index in [1.54, 1.807) is 11.0 Å². The van der Waals surface area contributed by atoms with E-state index in [0.29, 0.717) is 31.5 Å². The van der Waals surface area contributed by atoms with E-state index in [9.17, 15) is 9.59 Å². The van der Waals surface area contributed by atoms with E-state index in [0.717, 1.165) is 5.56 Å². The minimum absolute atomic E-state index is 0.0366. The second-order valence-corrected chi connectivity index (χ2v) is 4.13. The highest BCUT2D eigenvalue weighted by molar-refractivity contribution is 6.03. The van der Waals surface area contributed by atoms with Crippen molar-refractivity contribution >= 4 is 17.6 Å². The minimum Gasteiger partial charge on any atom is -0.478 e. The number of hydrogen-bond donors (Lipinski definition) is 1. The van der Waals surface area contributed by atoms with Crippen LogP contribution < -0.4 is 4.90 Å². The van der Waals surface area contributed by atoms with Crippen molar-refractivity contribution in [3.05, 3.63) is 29.3 Å². The zero-order valence-corrected chi connectivity index (χ0v) is 9.72. The lowest BCUT2D eigenvalue weighted by molar-refractivity contribution is -0.117. The number of aromatic carboxylic acids is 1. The molecular weight excluding hydrogens is 232 g/mol. The Labute approximate surface area is 104 Å². The number of carboxylic acids is 1. The standard InChI is InChI=1S/C13H12N2O3/c14-5-1-2-6-15-11-7-10(13(17)18)4-3-9(11)8-12(15)16/h3-4,7H,1-2,6,8H2,(H,17,18). The van der Waals surface area contributed by atoms with Crippen LogP contribution in [-0.4, -0.2) is 23.5 Å². The van der Waals surface area contributed by atoms with E-state index in [2.05, 4.69) is 0 Å². The quantitative estimate of drug-likeness (QED) is 0.815. The first-order valence-electron chi connectivity index (χ1n) is 5.67. The van der Waals surface area contributed by atoms with Gasteiger partial charge in [0.15, 0.2) is 0 Å². The predicted molar refractivity (Wildman–Crippen MR) is 64.3 cm³/mol. The molecule has 0 aromatic heterocycles. The molecule has 1 aliphatic heterocycles. The predicted octanol–water partition coefficient (Wildman–Crippen LogP) is 1.58. The maximum Gasteiger partial charge on any atom is 0.335 e. The number of unbranched alkanes of at least 4 members (excludes halogenated alkanes) is 1. The fourth-order valence-electron chi connectivity index (χ4n) is 2.05. The summed E-state index contributed by atoms with van der Waals surface area (Å²) in [6.45, 7) is 0.461. The molecule has 1 N–H and O–H groups in total. The van der Waals surface area contributed by atoms with Crippen molar-refractivity contribution in [2.24, 2.45) is 0 Å². The Morgan fingerprint density at radius 2 is 2.28 bits per heavy atom. The normalized spacial score (nSPS) is 13.3. The molecule has 0 fully saturated rings. The molecule has 0 atom stereocenters. The van der Waals surface area contributed by atoms with Crippen molar-refractivity contribution < 1.29 is 14.7 Å². The van der Waals surface area contributed by atoms with E-state index in [1.165, 1.54) is 12.1 Å². The average molecular weight is 244 g/mol. The van der Waals surface area contributed by atoms with Gasteiger partial charge in [0.1, 0.15) is 0 Å². The summed E-state index contributed by atoms with van der Waals surface area (Å²) in [5.41, 5.74) is 1.69. The molecule has 0 aliphatic carbocycles. The number of rotatable bonds is 4. The Hall–Kier alpha value is -2.35. The van der Waals surface area contributed by atoms with Crippen LogP contribution in [0.2, 0.25) is 0 Å². The van der Waals surface area contributed by atoms with Gasteiger partial charge < -0.3 is 10.0 Å². The van der Waals surface area contributed by atoms with E-state index < -0.39 is 5.97 Å². The van der Waals surface area contributed by atoms with Crippen LogP contribution >= 0.6 is 0 Å². The summed E-state index contributed by atoms with van der Waals surface area (Å²) in [6, 6.07) is 6.74. The molecule has 92 valence electrons. The van der Waals surface area contributed by atoms with Crippen molar-refractivity contribution in [1.82, 2.24) is 0 Å². The number of nitrogens with zero attached hydrogens (tertiary/aromatic N) is 2. The van der Waals surface area contributed by atoms with Crippen LogP contribution in [0.1, 0.15) is 28.8 Å². The number of carboxylic acid groups (broad SMARTS) is 1. The molecule has 5 heteroatoms. The summed E-state index contributed by atoms with van der Waals surface area (Å²) in [5, 5.41) is 17.4. The largest absolute Gasteiger partial charge is 0.478 e. The van der Waals surface area contributed by atoms with Crippen LogP contribution in [0.3, 0.4) is 0 Å². The highest BCUT2D eigenvalue weighted by atomic mass is 16.4. The number of nitriles is 1. The van der Waals surface area contributed by atoms with Gasteiger partial charge in [0.2, 0.25) is 5.91 Å². The van der Waals surface area contributed by atoms with Crippen LogP contribution in [0.25, 0.3) is 0 Å². The Kier molecular flexibility index (Phi) is 3.28. The summed E-state index contributed by atoms with van der Waals surface area (Å²) in [7, 11) is 0. The molecule has 1 aliphatic rings. The van der Waals surface area contributed by atoms with Gasteiger partial charge in [0.05, 0.1) is 18.1 Å². The van der Waals surface area contributed by atoms with E-state index in [-0.39, 0.29) is 11.5 Å². The third kappa shape index (κ3) is 2.18. The van der Waals surface area contributed by atoms with E-state index >= 15 is 0 Å². The average Bonchev–Trinajstić information content (AvgIpc) is 2.65. The number of benzene rings is 1. The molecule has 0 saturated carbocycles. The molecule has 0 bridgehead atoms. The molecule has 0 saturated heterocycles. The number of carbonyl (C=O) groups is 2. The Balaban J connectivity index is 2.25. The molecule has 5 nitrogen and oxygen atoms in total. The van der Waals surface area contributed by atoms with Crippen molar-refractivity contribution in [2.75, 3.05) is 11.4 Å². The van der Waals surface area contributed by atoms with Crippen molar-refractivity contribution in [2.45, 2.75) is 19.3 Å². The number of anilines is 1. The van der Waals surface area contributed by atoms with Crippen LogP contribution in [-0.2, 0) is 11.2 Å². The van der Waals surface area contributed by atoms with Crippen LogP contribution in [0, 0.1) is 11.3 Å². The van der Waals surface area contributed by atoms with Crippen molar-refractivity contribution in [3.8, 4) is 6.07 Å². The number of hydrogen-bond acceptors (Lipinski definition) is 3. The van der Waals surface area contributed by atoms with Crippen LogP contribution in [0.5, 0.6) is 0 Å². The summed E-state index contributed by atoms with van der Waals surface area (Å²) < 4.78 is 0. The molecule has 2 rings (SSSR count). The molecule has 1 amide bonds. The molecule has 1 aromatic carbocycles. The molecule has 18 heavy (non-hydrogen) atoms. The molecule has 1 heterocycles. The van der Waals surface area contributed by atoms with Crippen LogP contribution in [0.15, 0.2) is 18.2 Å². The summed E-state index contributed by atoms with van der Waals surface area (Å²) in [5.74, 6) is -1.04. The monoisotopic (exact) mass is 244 g/mol. The molecular formula is C13H12N2O3. The lowest BCUT2D eigenvalue weighted by Gasteiger charge is -2.16. The first kappa shape index (κ1) is 12.1. The van der Waals surface area contributed by atoms with Gasteiger partial charge in [-0.1, -0.05) is 6.07 Å². The SMILES string of the molecule is N#CCCCN1C(=O)Cc2ccc(C(=O)O)cc21. The molecule has 0 radical (unpaired) electrons. The molecule has 1 aromatic rings. The second-order valence-electron chi connectivity index (χ2n) is 4.13. The molecule has 0 unspecified atom stereocenters. The van der Waals surface area contributed by atoms with Crippen LogP contribution in [0.4, 0.5) is 5.69 Å². The maximum absolute atomic E-state index is 11.8. The number of fused-ring (bicyclic) bond motifs is 1. The highest BCUT2D eigenvalue weighted by Crippen LogP contribution is 2.30. The highest BCUT2D eigenvalue weighted by Gasteiger charge is 2.27. The first-order chi connectivity index (χ1) is 8.63. The lowest BCUT2D eigenvalue weighted by atomic mass is 10.1. The van der Waals surface area contributed by atoms with E-state index in [4.69, 9.17) is 10.4 Å². The van der Waals surface area contributed by atoms with E-state index in [1.807, 2.05) is 6.07 Å². The summed E-state index contributed by atoms with van der Waals surface area (Å²) in [4.78, 5) is 24.3. The third-order valence-electron chi connectivity index (χ3n) is 2.94. The maximum atomic E-state index is 11.8.